The van der Waals surface area contributed by atoms with Gasteiger partial charge < -0.3 is 5.32 Å². The Labute approximate surface area is 106 Å². The first-order valence-electron chi connectivity index (χ1n) is 6.96. The summed E-state index contributed by atoms with van der Waals surface area (Å²) in [4.78, 5) is 0. The van der Waals surface area contributed by atoms with Gasteiger partial charge in [0.2, 0.25) is 0 Å². The Hall–Kier alpha value is 0.310. The normalized spacial score (nSPS) is 26.2. The van der Waals surface area contributed by atoms with E-state index in [1.807, 2.05) is 11.8 Å². The van der Waals surface area contributed by atoms with Gasteiger partial charge in [-0.15, -0.1) is 0 Å². The third-order valence-electron chi connectivity index (χ3n) is 3.78. The summed E-state index contributed by atoms with van der Waals surface area (Å²) in [7, 11) is 0. The molecule has 0 bridgehead atoms. The lowest BCUT2D eigenvalue weighted by Crippen LogP contribution is -2.34. The summed E-state index contributed by atoms with van der Waals surface area (Å²) in [5.74, 6) is 3.31. The molecule has 1 N–H and O–H groups in total. The molecule has 0 radical (unpaired) electrons. The van der Waals surface area contributed by atoms with Crippen molar-refractivity contribution in [1.29, 1.82) is 0 Å². The predicted molar refractivity (Wildman–Crippen MR) is 76.2 cm³/mol. The Morgan fingerprint density at radius 2 is 1.88 bits per heavy atom. The molecule has 1 aliphatic rings. The lowest BCUT2D eigenvalue weighted by molar-refractivity contribution is 0.213. The van der Waals surface area contributed by atoms with Crippen LogP contribution >= 0.6 is 11.8 Å². The number of rotatable bonds is 7. The van der Waals surface area contributed by atoms with E-state index in [4.69, 9.17) is 0 Å². The monoisotopic (exact) mass is 243 g/mol. The highest BCUT2D eigenvalue weighted by molar-refractivity contribution is 7.98. The summed E-state index contributed by atoms with van der Waals surface area (Å²) in [5, 5.41) is 3.63. The fourth-order valence-electron chi connectivity index (χ4n) is 2.81. The van der Waals surface area contributed by atoms with Crippen LogP contribution in [0.25, 0.3) is 0 Å². The van der Waals surface area contributed by atoms with E-state index < -0.39 is 0 Å². The molecule has 16 heavy (non-hydrogen) atoms. The average Bonchev–Trinajstić information content (AvgIpc) is 2.28. The van der Waals surface area contributed by atoms with Crippen molar-refractivity contribution >= 4 is 11.8 Å². The third kappa shape index (κ3) is 5.58. The first kappa shape index (κ1) is 14.4. The highest BCUT2D eigenvalue weighted by Gasteiger charge is 2.24. The molecule has 2 atom stereocenters. The van der Waals surface area contributed by atoms with E-state index in [9.17, 15) is 0 Å². The Kier molecular flexibility index (Phi) is 7.55. The van der Waals surface area contributed by atoms with Gasteiger partial charge >= 0.3 is 0 Å². The molecular weight excluding hydrogens is 214 g/mol. The maximum absolute atomic E-state index is 3.63. The van der Waals surface area contributed by atoms with Gasteiger partial charge in [0.1, 0.15) is 0 Å². The predicted octanol–water partition coefficient (Wildman–Crippen LogP) is 3.93. The van der Waals surface area contributed by atoms with Crippen LogP contribution in [0.3, 0.4) is 0 Å². The Morgan fingerprint density at radius 1 is 1.19 bits per heavy atom. The van der Waals surface area contributed by atoms with Gasteiger partial charge in [-0.05, 0) is 49.7 Å². The van der Waals surface area contributed by atoms with Gasteiger partial charge in [0.25, 0.3) is 0 Å². The van der Waals surface area contributed by atoms with E-state index in [0.717, 1.165) is 11.8 Å². The maximum Gasteiger partial charge on any atom is 0.00104 e. The van der Waals surface area contributed by atoms with Gasteiger partial charge in [-0.1, -0.05) is 33.1 Å². The molecule has 0 spiro atoms. The van der Waals surface area contributed by atoms with Crippen LogP contribution in [-0.4, -0.2) is 24.6 Å². The molecule has 1 aliphatic carbocycles. The van der Waals surface area contributed by atoms with Crippen LogP contribution in [0.5, 0.6) is 0 Å². The molecule has 0 saturated heterocycles. The quantitative estimate of drug-likeness (QED) is 0.680. The van der Waals surface area contributed by atoms with Gasteiger partial charge in [-0.25, -0.2) is 0 Å². The Balaban J connectivity index is 2.26. The maximum atomic E-state index is 3.63. The van der Waals surface area contributed by atoms with Gasteiger partial charge in [0, 0.05) is 6.04 Å². The van der Waals surface area contributed by atoms with E-state index in [-0.39, 0.29) is 0 Å². The second-order valence-corrected chi connectivity index (χ2v) is 6.49. The molecule has 1 saturated carbocycles. The van der Waals surface area contributed by atoms with Gasteiger partial charge in [0.15, 0.2) is 0 Å². The fourth-order valence-corrected chi connectivity index (χ4v) is 3.27. The number of nitrogens with one attached hydrogen (secondary N) is 1. The zero-order valence-electron chi connectivity index (χ0n) is 11.3. The Morgan fingerprint density at radius 3 is 2.50 bits per heavy atom. The van der Waals surface area contributed by atoms with Crippen LogP contribution in [0.1, 0.15) is 52.4 Å². The van der Waals surface area contributed by atoms with Gasteiger partial charge in [-0.2, -0.15) is 11.8 Å². The highest BCUT2D eigenvalue weighted by atomic mass is 32.2. The van der Waals surface area contributed by atoms with Crippen molar-refractivity contribution in [3.8, 4) is 0 Å². The molecule has 2 heteroatoms. The molecule has 0 aliphatic heterocycles. The summed E-state index contributed by atoms with van der Waals surface area (Å²) in [6.07, 6.45) is 11.0. The lowest BCUT2D eigenvalue weighted by atomic mass is 9.77. The Bertz CT molecular complexity index is 170. The average molecular weight is 243 g/mol. The minimum absolute atomic E-state index is 0.647. The van der Waals surface area contributed by atoms with Gasteiger partial charge in [-0.3, -0.25) is 0 Å². The summed E-state index contributed by atoms with van der Waals surface area (Å²) in [5.41, 5.74) is 0. The van der Waals surface area contributed by atoms with Gasteiger partial charge in [0.05, 0.1) is 0 Å². The summed E-state index contributed by atoms with van der Waals surface area (Å²) in [6, 6.07) is 0.647. The van der Waals surface area contributed by atoms with Crippen LogP contribution in [0.15, 0.2) is 0 Å². The lowest BCUT2D eigenvalue weighted by Gasteiger charge is -2.32. The molecule has 0 aromatic heterocycles. The molecule has 0 aromatic carbocycles. The number of thioether (sulfide) groups is 1. The van der Waals surface area contributed by atoms with Crippen molar-refractivity contribution in [3.05, 3.63) is 0 Å². The minimum atomic E-state index is 0.647. The van der Waals surface area contributed by atoms with Crippen LogP contribution in [0.2, 0.25) is 0 Å². The van der Waals surface area contributed by atoms with Crippen molar-refractivity contribution in [1.82, 2.24) is 5.32 Å². The second kappa shape index (κ2) is 8.41. The van der Waals surface area contributed by atoms with E-state index >= 15 is 0 Å². The molecule has 0 aromatic rings. The molecule has 0 amide bonds. The zero-order chi connectivity index (χ0) is 11.8. The minimum Gasteiger partial charge on any atom is -0.314 e. The van der Waals surface area contributed by atoms with Crippen molar-refractivity contribution < 1.29 is 0 Å². The summed E-state index contributed by atoms with van der Waals surface area (Å²) >= 11 is 1.99. The molecule has 96 valence electrons. The number of hydrogen-bond donors (Lipinski definition) is 1. The zero-order valence-corrected chi connectivity index (χ0v) is 12.1. The third-order valence-corrected chi connectivity index (χ3v) is 4.48. The SMILES string of the molecule is CSCCCC1CCCCC1CNC(C)C. The van der Waals surface area contributed by atoms with Crippen LogP contribution in [-0.2, 0) is 0 Å². The summed E-state index contributed by atoms with van der Waals surface area (Å²) < 4.78 is 0. The van der Waals surface area contributed by atoms with E-state index in [1.165, 1.54) is 50.8 Å². The molecule has 2 unspecified atom stereocenters. The first-order valence-corrected chi connectivity index (χ1v) is 8.35. The molecule has 1 nitrogen and oxygen atoms in total. The van der Waals surface area contributed by atoms with Crippen molar-refractivity contribution in [2.24, 2.45) is 11.8 Å². The number of hydrogen-bond acceptors (Lipinski definition) is 2. The smallest absolute Gasteiger partial charge is 0.00104 e. The van der Waals surface area contributed by atoms with Crippen molar-refractivity contribution in [2.75, 3.05) is 18.6 Å². The van der Waals surface area contributed by atoms with Crippen molar-refractivity contribution in [3.63, 3.8) is 0 Å². The van der Waals surface area contributed by atoms with Crippen LogP contribution in [0, 0.1) is 11.8 Å². The summed E-state index contributed by atoms with van der Waals surface area (Å²) in [6.45, 7) is 5.76. The largest absolute Gasteiger partial charge is 0.314 e. The van der Waals surface area contributed by atoms with Crippen molar-refractivity contribution in [2.45, 2.75) is 58.4 Å². The molecule has 1 fully saturated rings. The molecule has 1 rings (SSSR count). The van der Waals surface area contributed by atoms with E-state index in [0.29, 0.717) is 6.04 Å². The highest BCUT2D eigenvalue weighted by Crippen LogP contribution is 2.33. The van der Waals surface area contributed by atoms with E-state index in [1.54, 1.807) is 0 Å². The fraction of sp³-hybridized carbons (Fsp3) is 1.00. The first-order chi connectivity index (χ1) is 7.74. The standard InChI is InChI=1S/C14H29NS/c1-12(2)15-11-14-8-5-4-7-13(14)9-6-10-16-3/h12-15H,4-11H2,1-3H3. The molecular formula is C14H29NS. The van der Waals surface area contributed by atoms with Crippen LogP contribution < -0.4 is 5.32 Å². The van der Waals surface area contributed by atoms with E-state index in [2.05, 4.69) is 25.4 Å². The second-order valence-electron chi connectivity index (χ2n) is 5.50. The topological polar surface area (TPSA) is 12.0 Å². The molecule has 0 heterocycles. The van der Waals surface area contributed by atoms with Crippen LogP contribution in [0.4, 0.5) is 0 Å².